The first-order chi connectivity index (χ1) is 7.33. The molecule has 0 aromatic carbocycles. The zero-order chi connectivity index (χ0) is 10.3. The van der Waals surface area contributed by atoms with Crippen molar-refractivity contribution in [2.75, 3.05) is 24.5 Å². The normalized spacial score (nSPS) is 29.5. The van der Waals surface area contributed by atoms with Crippen LogP contribution >= 0.6 is 0 Å². The molecule has 3 nitrogen and oxygen atoms in total. The van der Waals surface area contributed by atoms with Gasteiger partial charge in [0.2, 0.25) is 0 Å². The Bertz CT molecular complexity index is 357. The van der Waals surface area contributed by atoms with E-state index in [2.05, 4.69) is 15.2 Å². The van der Waals surface area contributed by atoms with Gasteiger partial charge in [-0.25, -0.2) is 4.39 Å². The quantitative estimate of drug-likeness (QED) is 0.745. The zero-order valence-corrected chi connectivity index (χ0v) is 8.49. The number of aromatic nitrogens is 1. The fourth-order valence-electron chi connectivity index (χ4n) is 2.63. The van der Waals surface area contributed by atoms with Gasteiger partial charge >= 0.3 is 0 Å². The van der Waals surface area contributed by atoms with Crippen LogP contribution in [-0.4, -0.2) is 30.7 Å². The molecule has 0 radical (unpaired) electrons. The predicted molar refractivity (Wildman–Crippen MR) is 56.3 cm³/mol. The first kappa shape index (κ1) is 9.09. The number of halogens is 1. The Kier molecular flexibility index (Phi) is 2.09. The first-order valence-corrected chi connectivity index (χ1v) is 5.42. The van der Waals surface area contributed by atoms with Crippen LogP contribution in [0.15, 0.2) is 18.5 Å². The van der Waals surface area contributed by atoms with Gasteiger partial charge in [-0.05, 0) is 18.9 Å². The summed E-state index contributed by atoms with van der Waals surface area (Å²) in [6.07, 6.45) is 4.23. The van der Waals surface area contributed by atoms with Crippen molar-refractivity contribution in [3.63, 3.8) is 0 Å². The van der Waals surface area contributed by atoms with Gasteiger partial charge in [0.05, 0.1) is 18.1 Å². The third-order valence-corrected chi connectivity index (χ3v) is 3.42. The summed E-state index contributed by atoms with van der Waals surface area (Å²) in [6, 6.07) is 2.15. The molecule has 2 atom stereocenters. The van der Waals surface area contributed by atoms with Crippen LogP contribution in [0.1, 0.15) is 6.42 Å². The molecule has 1 aromatic heterocycles. The fourth-order valence-corrected chi connectivity index (χ4v) is 2.63. The highest BCUT2D eigenvalue weighted by Gasteiger charge is 2.35. The molecule has 3 heterocycles. The minimum absolute atomic E-state index is 0.252. The molecule has 15 heavy (non-hydrogen) atoms. The van der Waals surface area contributed by atoms with Crippen molar-refractivity contribution < 1.29 is 4.39 Å². The third-order valence-electron chi connectivity index (χ3n) is 3.42. The monoisotopic (exact) mass is 207 g/mol. The smallest absolute Gasteiger partial charge is 0.143 e. The van der Waals surface area contributed by atoms with Crippen LogP contribution in [0.4, 0.5) is 10.1 Å². The van der Waals surface area contributed by atoms with Crippen LogP contribution < -0.4 is 10.2 Å². The molecule has 80 valence electrons. The number of anilines is 1. The summed E-state index contributed by atoms with van der Waals surface area (Å²) in [5.41, 5.74) is 0.909. The summed E-state index contributed by atoms with van der Waals surface area (Å²) in [7, 11) is 0. The van der Waals surface area contributed by atoms with Crippen LogP contribution in [0.2, 0.25) is 0 Å². The number of pyridine rings is 1. The Balaban J connectivity index is 1.79. The highest BCUT2D eigenvalue weighted by atomic mass is 19.1. The summed E-state index contributed by atoms with van der Waals surface area (Å²) < 4.78 is 13.0. The predicted octanol–water partition coefficient (Wildman–Crippen LogP) is 1.02. The summed E-state index contributed by atoms with van der Waals surface area (Å²) >= 11 is 0. The van der Waals surface area contributed by atoms with Crippen molar-refractivity contribution in [2.24, 2.45) is 5.92 Å². The maximum absolute atomic E-state index is 13.0. The van der Waals surface area contributed by atoms with E-state index in [0.29, 0.717) is 6.04 Å². The molecule has 0 bridgehead atoms. The summed E-state index contributed by atoms with van der Waals surface area (Å²) in [4.78, 5) is 6.11. The molecule has 2 fully saturated rings. The number of fused-ring (bicyclic) bond motifs is 1. The largest absolute Gasteiger partial charge is 0.368 e. The lowest BCUT2D eigenvalue weighted by atomic mass is 10.1. The molecule has 2 aliphatic rings. The highest BCUT2D eigenvalue weighted by molar-refractivity contribution is 5.46. The Morgan fingerprint density at radius 1 is 1.40 bits per heavy atom. The van der Waals surface area contributed by atoms with E-state index in [1.807, 2.05) is 0 Å². The average molecular weight is 207 g/mol. The highest BCUT2D eigenvalue weighted by Crippen LogP contribution is 2.28. The Morgan fingerprint density at radius 2 is 2.33 bits per heavy atom. The van der Waals surface area contributed by atoms with Crippen LogP contribution in [0.3, 0.4) is 0 Å². The molecule has 0 aliphatic carbocycles. The summed E-state index contributed by atoms with van der Waals surface area (Å²) in [5.74, 6) is 0.478. The van der Waals surface area contributed by atoms with E-state index in [4.69, 9.17) is 0 Å². The molecular weight excluding hydrogens is 193 g/mol. The van der Waals surface area contributed by atoms with Crippen LogP contribution in [0.5, 0.6) is 0 Å². The number of rotatable bonds is 1. The van der Waals surface area contributed by atoms with Gasteiger partial charge in [0.1, 0.15) is 5.82 Å². The van der Waals surface area contributed by atoms with Gasteiger partial charge in [-0.3, -0.25) is 4.98 Å². The standard InChI is InChI=1S/C11H14FN3/c12-9-3-10(5-13-4-9)15-6-8-1-2-14-11(8)7-15/h3-5,8,11,14H,1-2,6-7H2. The lowest BCUT2D eigenvalue weighted by Crippen LogP contribution is -2.30. The van der Waals surface area contributed by atoms with Gasteiger partial charge in [-0.1, -0.05) is 0 Å². The third kappa shape index (κ3) is 1.59. The van der Waals surface area contributed by atoms with Gasteiger partial charge in [-0.2, -0.15) is 0 Å². The molecule has 2 unspecified atom stereocenters. The minimum Gasteiger partial charge on any atom is -0.368 e. The SMILES string of the molecule is Fc1cncc(N2CC3CCNC3C2)c1. The second-order valence-corrected chi connectivity index (χ2v) is 4.38. The van der Waals surface area contributed by atoms with Gasteiger partial charge in [0.25, 0.3) is 0 Å². The van der Waals surface area contributed by atoms with Crippen molar-refractivity contribution in [1.29, 1.82) is 0 Å². The molecular formula is C11H14FN3. The Labute approximate surface area is 88.3 Å². The molecule has 0 spiro atoms. The van der Waals surface area contributed by atoms with Gasteiger partial charge < -0.3 is 10.2 Å². The molecule has 1 aromatic rings. The zero-order valence-electron chi connectivity index (χ0n) is 8.49. The fraction of sp³-hybridized carbons (Fsp3) is 0.545. The van der Waals surface area contributed by atoms with Gasteiger partial charge in [-0.15, -0.1) is 0 Å². The Morgan fingerprint density at radius 3 is 3.13 bits per heavy atom. The van der Waals surface area contributed by atoms with E-state index >= 15 is 0 Å². The lowest BCUT2D eigenvalue weighted by molar-refractivity contribution is 0.556. The maximum Gasteiger partial charge on any atom is 0.143 e. The number of hydrogen-bond acceptors (Lipinski definition) is 3. The molecule has 4 heteroatoms. The van der Waals surface area contributed by atoms with Crippen LogP contribution in [0, 0.1) is 11.7 Å². The van der Waals surface area contributed by atoms with Crippen molar-refractivity contribution >= 4 is 5.69 Å². The Hall–Kier alpha value is -1.16. The minimum atomic E-state index is -0.252. The van der Waals surface area contributed by atoms with E-state index < -0.39 is 0 Å². The topological polar surface area (TPSA) is 28.2 Å². The van der Waals surface area contributed by atoms with Crippen molar-refractivity contribution in [3.05, 3.63) is 24.3 Å². The van der Waals surface area contributed by atoms with Crippen LogP contribution in [-0.2, 0) is 0 Å². The van der Waals surface area contributed by atoms with Crippen LogP contribution in [0.25, 0.3) is 0 Å². The van der Waals surface area contributed by atoms with E-state index in [1.54, 1.807) is 12.3 Å². The van der Waals surface area contributed by atoms with Crippen molar-refractivity contribution in [1.82, 2.24) is 10.3 Å². The summed E-state index contributed by atoms with van der Waals surface area (Å²) in [6.45, 7) is 3.14. The maximum atomic E-state index is 13.0. The van der Waals surface area contributed by atoms with E-state index in [1.165, 1.54) is 12.6 Å². The number of hydrogen-bond donors (Lipinski definition) is 1. The number of nitrogens with zero attached hydrogens (tertiary/aromatic N) is 2. The molecule has 1 N–H and O–H groups in total. The molecule has 3 rings (SSSR count). The lowest BCUT2D eigenvalue weighted by Gasteiger charge is -2.18. The van der Waals surface area contributed by atoms with Crippen molar-refractivity contribution in [3.8, 4) is 0 Å². The van der Waals surface area contributed by atoms with Gasteiger partial charge in [0.15, 0.2) is 0 Å². The second-order valence-electron chi connectivity index (χ2n) is 4.38. The molecule has 2 saturated heterocycles. The van der Waals surface area contributed by atoms with E-state index in [-0.39, 0.29) is 5.82 Å². The first-order valence-electron chi connectivity index (χ1n) is 5.42. The van der Waals surface area contributed by atoms with Gasteiger partial charge in [0, 0.05) is 25.2 Å². The second kappa shape index (κ2) is 3.45. The molecule has 0 saturated carbocycles. The van der Waals surface area contributed by atoms with E-state index in [9.17, 15) is 4.39 Å². The molecule has 2 aliphatic heterocycles. The average Bonchev–Trinajstić information content (AvgIpc) is 2.76. The summed E-state index contributed by atoms with van der Waals surface area (Å²) in [5, 5.41) is 3.48. The molecule has 0 amide bonds. The van der Waals surface area contributed by atoms with Crippen molar-refractivity contribution in [2.45, 2.75) is 12.5 Å². The van der Waals surface area contributed by atoms with E-state index in [0.717, 1.165) is 31.2 Å². The number of nitrogens with one attached hydrogen (secondary N) is 1.